The van der Waals surface area contributed by atoms with Crippen molar-refractivity contribution in [3.05, 3.63) is 75.5 Å². The number of pyridine rings is 1. The van der Waals surface area contributed by atoms with Crippen LogP contribution < -0.4 is 16.0 Å². The Bertz CT molecular complexity index is 1030. The van der Waals surface area contributed by atoms with Crippen molar-refractivity contribution in [2.24, 2.45) is 5.73 Å². The van der Waals surface area contributed by atoms with E-state index in [0.29, 0.717) is 29.3 Å². The van der Waals surface area contributed by atoms with Gasteiger partial charge in [-0.15, -0.1) is 0 Å². The summed E-state index contributed by atoms with van der Waals surface area (Å²) in [4.78, 5) is 27.5. The molecule has 1 heterocycles. The highest BCUT2D eigenvalue weighted by atomic mass is 19.1. The number of hydrogen-bond donors (Lipinski definition) is 2. The van der Waals surface area contributed by atoms with Gasteiger partial charge in [-0.2, -0.15) is 0 Å². The Kier molecular flexibility index (Phi) is 5.14. The Hall–Kier alpha value is -2.99. The smallest absolute Gasteiger partial charge is 0.255 e. The lowest BCUT2D eigenvalue weighted by Gasteiger charge is -2.14. The Balaban J connectivity index is 2.16. The topological polar surface area (TPSA) is 85.2 Å². The minimum atomic E-state index is -0.704. The van der Waals surface area contributed by atoms with Gasteiger partial charge in [0.05, 0.1) is 12.2 Å². The quantitative estimate of drug-likeness (QED) is 0.667. The average molecular weight is 354 g/mol. The Morgan fingerprint density at radius 3 is 2.69 bits per heavy atom. The van der Waals surface area contributed by atoms with Crippen molar-refractivity contribution in [2.45, 2.75) is 13.3 Å². The highest BCUT2D eigenvalue weighted by Gasteiger charge is 2.22. The van der Waals surface area contributed by atoms with Gasteiger partial charge >= 0.3 is 0 Å². The predicted molar refractivity (Wildman–Crippen MR) is 98.3 cm³/mol. The minimum Gasteiger partial charge on any atom is -0.490 e. The Labute approximate surface area is 149 Å². The molecule has 0 aliphatic carbocycles. The highest BCUT2D eigenvalue weighted by Crippen LogP contribution is 2.29. The summed E-state index contributed by atoms with van der Waals surface area (Å²) in [6, 6.07) is 9.54. The van der Waals surface area contributed by atoms with Crippen LogP contribution >= 0.6 is 0 Å². The van der Waals surface area contributed by atoms with E-state index in [1.165, 1.54) is 12.3 Å². The molecule has 0 bridgehead atoms. The van der Waals surface area contributed by atoms with Crippen LogP contribution in [0.2, 0.25) is 0 Å². The van der Waals surface area contributed by atoms with Gasteiger partial charge < -0.3 is 15.5 Å². The van der Waals surface area contributed by atoms with Crippen LogP contribution in [0.3, 0.4) is 0 Å². The summed E-state index contributed by atoms with van der Waals surface area (Å²) in [5, 5.41) is 0.855. The molecule has 0 atom stereocenters. The van der Waals surface area contributed by atoms with Crippen LogP contribution in [-0.4, -0.2) is 23.9 Å². The van der Waals surface area contributed by atoms with Gasteiger partial charge in [-0.25, -0.2) is 4.39 Å². The second kappa shape index (κ2) is 7.49. The molecule has 1 aromatic heterocycles. The molecule has 3 aromatic rings. The summed E-state index contributed by atoms with van der Waals surface area (Å²) in [7, 11) is 0. The zero-order chi connectivity index (χ0) is 18.7. The van der Waals surface area contributed by atoms with Crippen molar-refractivity contribution in [1.82, 2.24) is 4.98 Å². The van der Waals surface area contributed by atoms with Crippen LogP contribution in [0.25, 0.3) is 10.8 Å². The summed E-state index contributed by atoms with van der Waals surface area (Å²) in [5.41, 5.74) is 6.06. The molecule has 5 nitrogen and oxygen atoms in total. The number of hydrogen-bond acceptors (Lipinski definition) is 4. The lowest BCUT2D eigenvalue weighted by atomic mass is 9.96. The van der Waals surface area contributed by atoms with Gasteiger partial charge in [0.1, 0.15) is 0 Å². The van der Waals surface area contributed by atoms with E-state index in [4.69, 9.17) is 10.5 Å². The van der Waals surface area contributed by atoms with Crippen LogP contribution in [0.1, 0.15) is 28.4 Å². The predicted octanol–water partition coefficient (Wildman–Crippen LogP) is 2.80. The first-order valence-electron chi connectivity index (χ1n) is 8.37. The SMILES string of the molecule is CCOc1c(CCN)ccc(C(=O)c2cccc3c(=O)[nH]ccc23)c1F. The van der Waals surface area contributed by atoms with Crippen molar-refractivity contribution in [2.75, 3.05) is 13.2 Å². The number of halogens is 1. The van der Waals surface area contributed by atoms with Crippen LogP contribution in [0.15, 0.2) is 47.4 Å². The molecule has 0 unspecified atom stereocenters. The molecular formula is C20H19FN2O3. The zero-order valence-electron chi connectivity index (χ0n) is 14.3. The number of benzene rings is 2. The lowest BCUT2D eigenvalue weighted by molar-refractivity contribution is 0.103. The molecule has 26 heavy (non-hydrogen) atoms. The number of nitrogens with one attached hydrogen (secondary N) is 1. The van der Waals surface area contributed by atoms with Gasteiger partial charge in [0.15, 0.2) is 17.3 Å². The molecule has 0 amide bonds. The average Bonchev–Trinajstić information content (AvgIpc) is 2.64. The molecule has 3 rings (SSSR count). The van der Waals surface area contributed by atoms with Crippen LogP contribution in [-0.2, 0) is 6.42 Å². The van der Waals surface area contributed by atoms with Crippen molar-refractivity contribution in [1.29, 1.82) is 0 Å². The van der Waals surface area contributed by atoms with Gasteiger partial charge in [-0.05, 0) is 49.0 Å². The molecule has 0 radical (unpaired) electrons. The monoisotopic (exact) mass is 354 g/mol. The molecule has 2 aromatic carbocycles. The summed E-state index contributed by atoms with van der Waals surface area (Å²) < 4.78 is 20.4. The standard InChI is InChI=1S/C20H19FN2O3/c1-2-26-19-12(8-10-22)6-7-16(17(19)21)18(24)14-4-3-5-15-13(14)9-11-23-20(15)25/h3-7,9,11H,2,8,10,22H2,1H3,(H,23,25). The first-order chi connectivity index (χ1) is 12.6. The van der Waals surface area contributed by atoms with E-state index in [2.05, 4.69) is 4.98 Å². The number of ether oxygens (including phenoxy) is 1. The van der Waals surface area contributed by atoms with Crippen molar-refractivity contribution < 1.29 is 13.9 Å². The summed E-state index contributed by atoms with van der Waals surface area (Å²) >= 11 is 0. The van der Waals surface area contributed by atoms with Gasteiger partial charge in [0.25, 0.3) is 5.56 Å². The third kappa shape index (κ3) is 3.11. The number of ketones is 1. The van der Waals surface area contributed by atoms with Gasteiger partial charge in [-0.3, -0.25) is 9.59 Å². The first-order valence-corrected chi connectivity index (χ1v) is 8.37. The molecular weight excluding hydrogens is 335 g/mol. The van der Waals surface area contributed by atoms with Crippen molar-refractivity contribution >= 4 is 16.6 Å². The maximum absolute atomic E-state index is 15.0. The summed E-state index contributed by atoms with van der Waals surface area (Å²) in [6.45, 7) is 2.37. The lowest BCUT2D eigenvalue weighted by Crippen LogP contribution is -2.12. The molecule has 0 saturated heterocycles. The number of H-pyrrole nitrogens is 1. The van der Waals surface area contributed by atoms with Crippen LogP contribution in [0.5, 0.6) is 5.75 Å². The number of aromatic amines is 1. The maximum atomic E-state index is 15.0. The number of fused-ring (bicyclic) bond motifs is 1. The molecule has 0 aliphatic heterocycles. The first kappa shape index (κ1) is 17.8. The Morgan fingerprint density at radius 1 is 1.15 bits per heavy atom. The van der Waals surface area contributed by atoms with E-state index in [-0.39, 0.29) is 29.0 Å². The highest BCUT2D eigenvalue weighted by molar-refractivity contribution is 6.16. The molecule has 6 heteroatoms. The zero-order valence-corrected chi connectivity index (χ0v) is 14.3. The second-order valence-electron chi connectivity index (χ2n) is 5.79. The minimum absolute atomic E-state index is 0.0573. The fraction of sp³-hybridized carbons (Fsp3) is 0.200. The van der Waals surface area contributed by atoms with E-state index in [0.717, 1.165) is 0 Å². The largest absolute Gasteiger partial charge is 0.490 e. The van der Waals surface area contributed by atoms with Gasteiger partial charge in [0, 0.05) is 17.1 Å². The van der Waals surface area contributed by atoms with Gasteiger partial charge in [0.2, 0.25) is 0 Å². The summed E-state index contributed by atoms with van der Waals surface area (Å²) in [5.74, 6) is -1.15. The fourth-order valence-electron chi connectivity index (χ4n) is 2.99. The molecule has 134 valence electrons. The molecule has 0 saturated carbocycles. The number of carbonyl (C=O) groups excluding carboxylic acids is 1. The number of nitrogens with two attached hydrogens (primary N) is 1. The molecule has 0 fully saturated rings. The van der Waals surface area contributed by atoms with E-state index in [1.54, 1.807) is 37.3 Å². The summed E-state index contributed by atoms with van der Waals surface area (Å²) in [6.07, 6.45) is 1.91. The molecule has 0 aliphatic rings. The van der Waals surface area contributed by atoms with Crippen molar-refractivity contribution in [3.8, 4) is 5.75 Å². The Morgan fingerprint density at radius 2 is 1.96 bits per heavy atom. The fourth-order valence-corrected chi connectivity index (χ4v) is 2.99. The van der Waals surface area contributed by atoms with E-state index in [1.807, 2.05) is 0 Å². The molecule has 3 N–H and O–H groups in total. The normalized spacial score (nSPS) is 10.9. The van der Waals surface area contributed by atoms with E-state index >= 15 is 4.39 Å². The second-order valence-corrected chi connectivity index (χ2v) is 5.79. The third-order valence-electron chi connectivity index (χ3n) is 4.19. The van der Waals surface area contributed by atoms with E-state index < -0.39 is 11.6 Å². The van der Waals surface area contributed by atoms with Crippen LogP contribution in [0.4, 0.5) is 4.39 Å². The van der Waals surface area contributed by atoms with Crippen LogP contribution in [0, 0.1) is 5.82 Å². The van der Waals surface area contributed by atoms with Gasteiger partial charge in [-0.1, -0.05) is 18.2 Å². The maximum Gasteiger partial charge on any atom is 0.255 e. The third-order valence-corrected chi connectivity index (χ3v) is 4.19. The number of rotatable bonds is 6. The molecule has 0 spiro atoms. The van der Waals surface area contributed by atoms with Crippen molar-refractivity contribution in [3.63, 3.8) is 0 Å². The van der Waals surface area contributed by atoms with E-state index in [9.17, 15) is 9.59 Å². The number of aromatic nitrogens is 1. The number of carbonyl (C=O) groups is 1.